The van der Waals surface area contributed by atoms with Crippen molar-refractivity contribution >= 4 is 17.7 Å². The average molecular weight is 383 g/mol. The van der Waals surface area contributed by atoms with Crippen molar-refractivity contribution in [2.75, 3.05) is 5.75 Å². The van der Waals surface area contributed by atoms with Gasteiger partial charge < -0.3 is 15.0 Å². The molecule has 1 aromatic heterocycles. The normalized spacial score (nSPS) is 10.8. The van der Waals surface area contributed by atoms with Gasteiger partial charge in [-0.15, -0.1) is 0 Å². The van der Waals surface area contributed by atoms with Crippen LogP contribution in [0.1, 0.15) is 24.6 Å². The molecule has 0 aliphatic rings. The second-order valence-corrected chi connectivity index (χ2v) is 6.34. The van der Waals surface area contributed by atoms with Crippen LogP contribution in [0.25, 0.3) is 0 Å². The summed E-state index contributed by atoms with van der Waals surface area (Å²) in [6.07, 6.45) is 1.58. The van der Waals surface area contributed by atoms with Crippen LogP contribution in [-0.2, 0) is 17.8 Å². The predicted molar refractivity (Wildman–Crippen MR) is 94.5 cm³/mol. The molecular formula is C17H19F2N3O3S. The van der Waals surface area contributed by atoms with E-state index in [9.17, 15) is 18.4 Å². The fraction of sp³-hybridized carbons (Fsp3) is 0.353. The molecule has 0 atom stereocenters. The molecule has 0 saturated heterocycles. The summed E-state index contributed by atoms with van der Waals surface area (Å²) in [7, 11) is 0. The van der Waals surface area contributed by atoms with Crippen LogP contribution in [0.3, 0.4) is 0 Å². The molecule has 6 nitrogen and oxygen atoms in total. The summed E-state index contributed by atoms with van der Waals surface area (Å²) in [5, 5.41) is 3.12. The highest BCUT2D eigenvalue weighted by atomic mass is 32.2. The molecular weight excluding hydrogens is 364 g/mol. The van der Waals surface area contributed by atoms with Crippen LogP contribution >= 0.6 is 11.8 Å². The maximum Gasteiger partial charge on any atom is 0.387 e. The standard InChI is InChI=1S/C17H19F2N3O3S/c1-2-3-12-8-14(23)22-17(21-12)26-10-15(24)20-9-11-4-6-13(7-5-11)25-16(18)19/h4-8,16H,2-3,9-10H2,1H3,(H,20,24)(H,21,22,23). The van der Waals surface area contributed by atoms with Crippen molar-refractivity contribution < 1.29 is 18.3 Å². The third-order valence-corrected chi connectivity index (χ3v) is 4.13. The third kappa shape index (κ3) is 6.83. The number of rotatable bonds is 9. The highest BCUT2D eigenvalue weighted by Gasteiger charge is 2.07. The zero-order valence-electron chi connectivity index (χ0n) is 14.1. The van der Waals surface area contributed by atoms with Gasteiger partial charge in [-0.1, -0.05) is 37.2 Å². The minimum absolute atomic E-state index is 0.0626. The van der Waals surface area contributed by atoms with Gasteiger partial charge in [0.05, 0.1) is 5.75 Å². The van der Waals surface area contributed by atoms with Gasteiger partial charge in [0.25, 0.3) is 5.56 Å². The van der Waals surface area contributed by atoms with E-state index in [-0.39, 0.29) is 29.5 Å². The summed E-state index contributed by atoms with van der Waals surface area (Å²) in [6.45, 7) is -0.614. The molecule has 1 amide bonds. The Balaban J connectivity index is 1.81. The smallest absolute Gasteiger partial charge is 0.387 e. The molecule has 140 valence electrons. The lowest BCUT2D eigenvalue weighted by atomic mass is 10.2. The molecule has 26 heavy (non-hydrogen) atoms. The fourth-order valence-electron chi connectivity index (χ4n) is 2.11. The summed E-state index contributed by atoms with van der Waals surface area (Å²) in [4.78, 5) is 30.4. The summed E-state index contributed by atoms with van der Waals surface area (Å²) >= 11 is 1.15. The van der Waals surface area contributed by atoms with E-state index in [1.165, 1.54) is 18.2 Å². The number of nitrogens with zero attached hydrogens (tertiary/aromatic N) is 1. The minimum atomic E-state index is -2.87. The first-order chi connectivity index (χ1) is 12.5. The zero-order chi connectivity index (χ0) is 18.9. The van der Waals surface area contributed by atoms with Crippen molar-refractivity contribution in [2.45, 2.75) is 38.1 Å². The van der Waals surface area contributed by atoms with Crippen LogP contribution in [0, 0.1) is 0 Å². The van der Waals surface area contributed by atoms with E-state index in [0.717, 1.165) is 23.7 Å². The zero-order valence-corrected chi connectivity index (χ0v) is 14.9. The number of aromatic amines is 1. The molecule has 2 aromatic rings. The number of halogens is 2. The number of carbonyl (C=O) groups is 1. The molecule has 2 N–H and O–H groups in total. The van der Waals surface area contributed by atoms with Gasteiger partial charge in [-0.05, 0) is 24.1 Å². The lowest BCUT2D eigenvalue weighted by molar-refractivity contribution is -0.118. The number of carbonyl (C=O) groups excluding carboxylic acids is 1. The number of H-pyrrole nitrogens is 1. The maximum absolute atomic E-state index is 12.1. The molecule has 0 bridgehead atoms. The quantitative estimate of drug-likeness (QED) is 0.514. The summed E-state index contributed by atoms with van der Waals surface area (Å²) in [5.41, 5.74) is 1.21. The van der Waals surface area contributed by atoms with Crippen molar-refractivity contribution in [1.29, 1.82) is 0 Å². The number of hydrogen-bond acceptors (Lipinski definition) is 5. The van der Waals surface area contributed by atoms with Crippen molar-refractivity contribution in [2.24, 2.45) is 0 Å². The van der Waals surface area contributed by atoms with E-state index >= 15 is 0 Å². The molecule has 0 aliphatic carbocycles. The molecule has 1 aromatic carbocycles. The minimum Gasteiger partial charge on any atom is -0.435 e. The summed E-state index contributed by atoms with van der Waals surface area (Å²) in [6, 6.07) is 7.47. The van der Waals surface area contributed by atoms with Gasteiger partial charge in [0.1, 0.15) is 5.75 Å². The highest BCUT2D eigenvalue weighted by molar-refractivity contribution is 7.99. The van der Waals surface area contributed by atoms with Crippen LogP contribution in [0.4, 0.5) is 8.78 Å². The van der Waals surface area contributed by atoms with Gasteiger partial charge in [-0.25, -0.2) is 4.98 Å². The third-order valence-electron chi connectivity index (χ3n) is 3.26. The number of nitrogens with one attached hydrogen (secondary N) is 2. The van der Waals surface area contributed by atoms with Crippen LogP contribution in [0.5, 0.6) is 5.75 Å². The Morgan fingerprint density at radius 3 is 2.73 bits per heavy atom. The van der Waals surface area contributed by atoms with E-state index < -0.39 is 6.61 Å². The van der Waals surface area contributed by atoms with Crippen molar-refractivity contribution in [3.63, 3.8) is 0 Å². The van der Waals surface area contributed by atoms with Gasteiger partial charge in [0.15, 0.2) is 5.16 Å². The lowest BCUT2D eigenvalue weighted by Gasteiger charge is -2.07. The van der Waals surface area contributed by atoms with E-state index in [4.69, 9.17) is 0 Å². The van der Waals surface area contributed by atoms with Crippen molar-refractivity contribution in [3.05, 3.63) is 51.9 Å². The van der Waals surface area contributed by atoms with Gasteiger partial charge in [0.2, 0.25) is 5.91 Å². The van der Waals surface area contributed by atoms with Crippen LogP contribution < -0.4 is 15.6 Å². The van der Waals surface area contributed by atoms with Crippen LogP contribution in [0.15, 0.2) is 40.3 Å². The first kappa shape index (κ1) is 19.9. The number of thioether (sulfide) groups is 1. The number of benzene rings is 1. The summed E-state index contributed by atoms with van der Waals surface area (Å²) in [5.74, 6) is -0.0652. The Labute approximate surface area is 153 Å². The number of aryl methyl sites for hydroxylation is 1. The Morgan fingerprint density at radius 2 is 2.08 bits per heavy atom. The number of ether oxygens (including phenoxy) is 1. The van der Waals surface area contributed by atoms with Gasteiger partial charge in [-0.2, -0.15) is 8.78 Å². The molecule has 0 fully saturated rings. The van der Waals surface area contributed by atoms with E-state index in [1.807, 2.05) is 6.92 Å². The van der Waals surface area contributed by atoms with E-state index in [1.54, 1.807) is 12.1 Å². The number of aromatic nitrogens is 2. The molecule has 0 unspecified atom stereocenters. The van der Waals surface area contributed by atoms with Crippen LogP contribution in [0.2, 0.25) is 0 Å². The Hall–Kier alpha value is -2.42. The first-order valence-electron chi connectivity index (χ1n) is 7.99. The predicted octanol–water partition coefficient (Wildman–Crippen LogP) is 2.73. The molecule has 0 radical (unpaired) electrons. The average Bonchev–Trinajstić information content (AvgIpc) is 2.59. The van der Waals surface area contributed by atoms with E-state index in [0.29, 0.717) is 17.3 Å². The number of hydrogen-bond donors (Lipinski definition) is 2. The summed E-state index contributed by atoms with van der Waals surface area (Å²) < 4.78 is 28.4. The molecule has 0 aliphatic heterocycles. The monoisotopic (exact) mass is 383 g/mol. The Morgan fingerprint density at radius 1 is 1.35 bits per heavy atom. The molecule has 1 heterocycles. The van der Waals surface area contributed by atoms with Gasteiger partial charge >= 0.3 is 6.61 Å². The highest BCUT2D eigenvalue weighted by Crippen LogP contribution is 2.15. The SMILES string of the molecule is CCCc1cc(=O)[nH]c(SCC(=O)NCc2ccc(OC(F)F)cc2)n1. The van der Waals surface area contributed by atoms with Crippen molar-refractivity contribution in [1.82, 2.24) is 15.3 Å². The number of amides is 1. The Kier molecular flexibility index (Phi) is 7.58. The number of alkyl halides is 2. The molecule has 0 spiro atoms. The first-order valence-corrected chi connectivity index (χ1v) is 8.98. The van der Waals surface area contributed by atoms with E-state index in [2.05, 4.69) is 20.0 Å². The molecule has 9 heteroatoms. The fourth-order valence-corrected chi connectivity index (χ4v) is 2.83. The van der Waals surface area contributed by atoms with Gasteiger partial charge in [0, 0.05) is 18.3 Å². The topological polar surface area (TPSA) is 84.1 Å². The lowest BCUT2D eigenvalue weighted by Crippen LogP contribution is -2.24. The maximum atomic E-state index is 12.1. The molecule has 2 rings (SSSR count). The Bertz CT molecular complexity index is 782. The van der Waals surface area contributed by atoms with Crippen molar-refractivity contribution in [3.8, 4) is 5.75 Å². The second-order valence-electron chi connectivity index (χ2n) is 5.38. The van der Waals surface area contributed by atoms with Gasteiger partial charge in [-0.3, -0.25) is 9.59 Å². The largest absolute Gasteiger partial charge is 0.435 e. The second kappa shape index (κ2) is 9.91. The van der Waals surface area contributed by atoms with Crippen LogP contribution in [-0.4, -0.2) is 28.2 Å². The molecule has 0 saturated carbocycles.